The molecule has 0 heterocycles. The number of hydrogen-bond acceptors (Lipinski definition) is 4. The molecule has 1 aromatic carbocycles. The maximum absolute atomic E-state index is 11.7. The van der Waals surface area contributed by atoms with Gasteiger partial charge in [-0.25, -0.2) is 9.59 Å². The van der Waals surface area contributed by atoms with E-state index in [4.69, 9.17) is 16.7 Å². The van der Waals surface area contributed by atoms with E-state index in [-0.39, 0.29) is 0 Å². The summed E-state index contributed by atoms with van der Waals surface area (Å²) in [4.78, 5) is 33.7. The molecular weight excluding hydrogens is 367 g/mol. The van der Waals surface area contributed by atoms with Crippen molar-refractivity contribution in [2.75, 3.05) is 12.4 Å². The van der Waals surface area contributed by atoms with Crippen molar-refractivity contribution in [3.05, 3.63) is 27.7 Å². The minimum absolute atomic E-state index is 0.378. The molecule has 7 nitrogen and oxygen atoms in total. The number of carbonyl (C=O) groups is 3. The number of nitrogens with one attached hydrogen (secondary N) is 2. The molecule has 0 aliphatic rings. The van der Waals surface area contributed by atoms with Gasteiger partial charge in [0.1, 0.15) is 6.04 Å². The summed E-state index contributed by atoms with van der Waals surface area (Å²) >= 11 is 9.07. The number of amides is 2. The molecule has 0 spiro atoms. The zero-order valence-corrected chi connectivity index (χ0v) is 13.2. The Bertz CT molecular complexity index is 567. The van der Waals surface area contributed by atoms with E-state index in [1.54, 1.807) is 12.1 Å². The largest absolute Gasteiger partial charge is 0.480 e. The van der Waals surface area contributed by atoms with E-state index in [1.807, 2.05) is 0 Å². The molecule has 1 atom stereocenters. The van der Waals surface area contributed by atoms with Gasteiger partial charge in [-0.2, -0.15) is 0 Å². The molecule has 0 saturated heterocycles. The van der Waals surface area contributed by atoms with Crippen LogP contribution >= 0.6 is 27.5 Å². The monoisotopic (exact) mass is 378 g/mol. The van der Waals surface area contributed by atoms with Gasteiger partial charge in [0.25, 0.3) is 0 Å². The normalized spacial score (nSPS) is 11.4. The first kappa shape index (κ1) is 17.3. The van der Waals surface area contributed by atoms with Crippen molar-refractivity contribution in [3.63, 3.8) is 0 Å². The van der Waals surface area contributed by atoms with E-state index >= 15 is 0 Å². The lowest BCUT2D eigenvalue weighted by Crippen LogP contribution is -2.44. The van der Waals surface area contributed by atoms with E-state index in [9.17, 15) is 14.4 Å². The van der Waals surface area contributed by atoms with Gasteiger partial charge in [0, 0.05) is 10.2 Å². The molecule has 0 aromatic heterocycles. The number of ether oxygens (including phenoxy) is 1. The fourth-order valence-electron chi connectivity index (χ4n) is 1.35. The Morgan fingerprint density at radius 3 is 2.62 bits per heavy atom. The summed E-state index contributed by atoms with van der Waals surface area (Å²) in [6.45, 7) is 0. The van der Waals surface area contributed by atoms with Crippen LogP contribution in [0.3, 0.4) is 0 Å². The Hall–Kier alpha value is -1.80. The molecule has 0 aliphatic carbocycles. The number of benzene rings is 1. The minimum atomic E-state index is -1.39. The number of halogens is 2. The van der Waals surface area contributed by atoms with Gasteiger partial charge < -0.3 is 20.5 Å². The van der Waals surface area contributed by atoms with Gasteiger partial charge in [-0.1, -0.05) is 11.6 Å². The summed E-state index contributed by atoms with van der Waals surface area (Å²) in [6.07, 6.45) is -0.472. The van der Waals surface area contributed by atoms with Gasteiger partial charge in [-0.3, -0.25) is 4.79 Å². The van der Waals surface area contributed by atoms with E-state index in [2.05, 4.69) is 31.3 Å². The summed E-state index contributed by atoms with van der Waals surface area (Å²) in [5, 5.41) is 13.9. The average Bonchev–Trinajstić information content (AvgIpc) is 2.41. The third-order valence-electron chi connectivity index (χ3n) is 2.38. The first-order valence-electron chi connectivity index (χ1n) is 5.65. The molecule has 2 amide bonds. The lowest BCUT2D eigenvalue weighted by molar-refractivity contribution is -0.147. The van der Waals surface area contributed by atoms with Crippen molar-refractivity contribution in [1.29, 1.82) is 0 Å². The number of carboxylic acid groups (broad SMARTS) is 1. The lowest BCUT2D eigenvalue weighted by Gasteiger charge is -2.14. The van der Waals surface area contributed by atoms with Gasteiger partial charge >= 0.3 is 18.0 Å². The molecule has 0 aliphatic heterocycles. The summed E-state index contributed by atoms with van der Waals surface area (Å²) < 4.78 is 5.02. The van der Waals surface area contributed by atoms with Gasteiger partial charge in [0.05, 0.1) is 18.6 Å². The van der Waals surface area contributed by atoms with Crippen LogP contribution in [-0.4, -0.2) is 36.2 Å². The number of carbonyl (C=O) groups excluding carboxylic acids is 2. The van der Waals surface area contributed by atoms with Crippen molar-refractivity contribution in [2.45, 2.75) is 12.5 Å². The maximum atomic E-state index is 11.7. The van der Waals surface area contributed by atoms with Crippen molar-refractivity contribution in [2.24, 2.45) is 0 Å². The highest BCUT2D eigenvalue weighted by Gasteiger charge is 2.23. The number of anilines is 1. The van der Waals surface area contributed by atoms with Gasteiger partial charge in [-0.05, 0) is 34.1 Å². The topological polar surface area (TPSA) is 105 Å². The van der Waals surface area contributed by atoms with E-state index in [0.717, 1.165) is 7.11 Å². The molecular formula is C12H12BrClN2O5. The Labute approximate surface area is 133 Å². The number of rotatable bonds is 5. The molecule has 21 heavy (non-hydrogen) atoms. The van der Waals surface area contributed by atoms with Crippen LogP contribution in [0.2, 0.25) is 5.02 Å². The van der Waals surface area contributed by atoms with Crippen LogP contribution in [0.1, 0.15) is 6.42 Å². The van der Waals surface area contributed by atoms with Gasteiger partial charge in [0.15, 0.2) is 0 Å². The third kappa shape index (κ3) is 5.60. The molecule has 9 heteroatoms. The second-order valence-electron chi connectivity index (χ2n) is 3.90. The number of aliphatic carboxylic acids is 1. The van der Waals surface area contributed by atoms with Crippen molar-refractivity contribution < 1.29 is 24.2 Å². The second-order valence-corrected chi connectivity index (χ2v) is 5.16. The standard InChI is InChI=1S/C12H12BrClN2O5/c1-21-10(17)5-9(11(18)19)16-12(20)15-6-2-3-7(13)8(14)4-6/h2-4,9H,5H2,1H3,(H,18,19)(H2,15,16,20)/t9-/m0/s1. The van der Waals surface area contributed by atoms with Gasteiger partial charge in [-0.15, -0.1) is 0 Å². The quantitative estimate of drug-likeness (QED) is 0.681. The Balaban J connectivity index is 2.67. The molecule has 114 valence electrons. The minimum Gasteiger partial charge on any atom is -0.480 e. The number of esters is 1. The fraction of sp³-hybridized carbons (Fsp3) is 0.250. The van der Waals surface area contributed by atoms with Crippen LogP contribution in [0.4, 0.5) is 10.5 Å². The Morgan fingerprint density at radius 2 is 2.10 bits per heavy atom. The van der Waals surface area contributed by atoms with Crippen molar-refractivity contribution >= 4 is 51.2 Å². The average molecular weight is 380 g/mol. The van der Waals surface area contributed by atoms with Crippen LogP contribution in [0.15, 0.2) is 22.7 Å². The second kappa shape index (κ2) is 7.84. The van der Waals surface area contributed by atoms with Crippen LogP contribution < -0.4 is 10.6 Å². The molecule has 0 fully saturated rings. The van der Waals surface area contributed by atoms with Gasteiger partial charge in [0.2, 0.25) is 0 Å². The highest BCUT2D eigenvalue weighted by Crippen LogP contribution is 2.25. The van der Waals surface area contributed by atoms with E-state index < -0.39 is 30.4 Å². The van der Waals surface area contributed by atoms with Crippen LogP contribution in [-0.2, 0) is 14.3 Å². The predicted octanol–water partition coefficient (Wildman–Crippen LogP) is 2.24. The molecule has 0 saturated carbocycles. The van der Waals surface area contributed by atoms with Crippen LogP contribution in [0, 0.1) is 0 Å². The first-order chi connectivity index (χ1) is 9.83. The number of hydrogen-bond donors (Lipinski definition) is 3. The molecule has 1 rings (SSSR count). The smallest absolute Gasteiger partial charge is 0.326 e. The molecule has 1 aromatic rings. The molecule has 0 bridgehead atoms. The molecule has 0 unspecified atom stereocenters. The number of urea groups is 1. The molecule has 0 radical (unpaired) electrons. The van der Waals surface area contributed by atoms with Crippen molar-refractivity contribution in [1.82, 2.24) is 5.32 Å². The van der Waals surface area contributed by atoms with Crippen LogP contribution in [0.25, 0.3) is 0 Å². The first-order valence-corrected chi connectivity index (χ1v) is 6.82. The number of carboxylic acids is 1. The zero-order chi connectivity index (χ0) is 16.0. The summed E-state index contributed by atoms with van der Waals surface area (Å²) in [6, 6.07) is 2.53. The highest BCUT2D eigenvalue weighted by atomic mass is 79.9. The summed E-state index contributed by atoms with van der Waals surface area (Å²) in [5.41, 5.74) is 0.378. The van der Waals surface area contributed by atoms with Crippen molar-refractivity contribution in [3.8, 4) is 0 Å². The third-order valence-corrected chi connectivity index (χ3v) is 3.61. The lowest BCUT2D eigenvalue weighted by atomic mass is 10.2. The summed E-state index contributed by atoms with van der Waals surface area (Å²) in [7, 11) is 1.13. The SMILES string of the molecule is COC(=O)C[C@H](NC(=O)Nc1ccc(Br)c(Cl)c1)C(=O)O. The Morgan fingerprint density at radius 1 is 1.43 bits per heavy atom. The predicted molar refractivity (Wildman–Crippen MR) is 79.4 cm³/mol. The van der Waals surface area contributed by atoms with Crippen LogP contribution in [0.5, 0.6) is 0 Å². The number of methoxy groups -OCH3 is 1. The zero-order valence-electron chi connectivity index (χ0n) is 10.9. The maximum Gasteiger partial charge on any atom is 0.326 e. The molecule has 3 N–H and O–H groups in total. The Kier molecular flexibility index (Phi) is 6.44. The fourth-order valence-corrected chi connectivity index (χ4v) is 1.78. The highest BCUT2D eigenvalue weighted by molar-refractivity contribution is 9.10. The van der Waals surface area contributed by atoms with E-state index in [0.29, 0.717) is 15.2 Å². The summed E-state index contributed by atoms with van der Waals surface area (Å²) in [5.74, 6) is -2.08. The van der Waals surface area contributed by atoms with E-state index in [1.165, 1.54) is 6.07 Å².